The highest BCUT2D eigenvalue weighted by Crippen LogP contribution is 2.28. The van der Waals surface area contributed by atoms with Crippen LogP contribution in [0.4, 0.5) is 14.9 Å². The Bertz CT molecular complexity index is 704. The lowest BCUT2D eigenvalue weighted by molar-refractivity contribution is -0.0448. The van der Waals surface area contributed by atoms with Crippen LogP contribution < -0.4 is 16.0 Å². The third-order valence-electron chi connectivity index (χ3n) is 5.34. The summed E-state index contributed by atoms with van der Waals surface area (Å²) in [4.78, 5) is 13.5. The van der Waals surface area contributed by atoms with Crippen molar-refractivity contribution in [2.24, 2.45) is 11.7 Å². The van der Waals surface area contributed by atoms with E-state index in [1.165, 1.54) is 0 Å². The van der Waals surface area contributed by atoms with Crippen molar-refractivity contribution < 1.29 is 23.4 Å². The minimum atomic E-state index is -0.882. The molecule has 0 aromatic heterocycles. The Morgan fingerprint density at radius 2 is 2.00 bits per heavy atom. The number of nitrogens with one attached hydrogen (secondary N) is 2. The minimum absolute atomic E-state index is 0.228. The van der Waals surface area contributed by atoms with E-state index in [0.717, 1.165) is 58.6 Å². The highest BCUT2D eigenvalue weighted by atomic mass is 19.1. The summed E-state index contributed by atoms with van der Waals surface area (Å²) >= 11 is 0. The van der Waals surface area contributed by atoms with Gasteiger partial charge in [-0.05, 0) is 37.7 Å². The number of nitrogens with two attached hydrogens (primary N) is 1. The lowest BCUT2D eigenvalue weighted by Crippen LogP contribution is -2.37. The van der Waals surface area contributed by atoms with Crippen LogP contribution in [0.5, 0.6) is 0 Å². The van der Waals surface area contributed by atoms with Crippen molar-refractivity contribution in [3.05, 3.63) is 29.6 Å². The van der Waals surface area contributed by atoms with Gasteiger partial charge in [0.05, 0.1) is 11.8 Å². The van der Waals surface area contributed by atoms with Gasteiger partial charge in [0.25, 0.3) is 0 Å². The second kappa shape index (κ2) is 10.4. The van der Waals surface area contributed by atoms with E-state index in [1.54, 1.807) is 18.2 Å². The summed E-state index contributed by atoms with van der Waals surface area (Å²) in [7, 11) is 0. The van der Waals surface area contributed by atoms with Crippen molar-refractivity contribution >= 4 is 17.7 Å². The summed E-state index contributed by atoms with van der Waals surface area (Å²) in [6, 6.07) is 5.07. The zero-order chi connectivity index (χ0) is 20.6. The number of rotatable bonds is 6. The first-order chi connectivity index (χ1) is 14.0. The standard InChI is InChI=1S/C20H29FN4O4/c21-18-15(13-29-20(26)24-19(22)23)2-1-3-17(18)25-8-4-14(5-9-25)12-28-16-6-10-27-11-7-16/h1-3,14,16H,4-13H2,(H4,22,23,24,26). The van der Waals surface area contributed by atoms with Crippen LogP contribution >= 0.6 is 0 Å². The maximum absolute atomic E-state index is 14.9. The van der Waals surface area contributed by atoms with E-state index in [4.69, 9.17) is 25.4 Å². The van der Waals surface area contributed by atoms with Gasteiger partial charge in [-0.2, -0.15) is 0 Å². The molecule has 0 atom stereocenters. The van der Waals surface area contributed by atoms with Crippen molar-refractivity contribution in [1.29, 1.82) is 5.41 Å². The monoisotopic (exact) mass is 408 g/mol. The Balaban J connectivity index is 1.48. The molecule has 4 N–H and O–H groups in total. The molecule has 1 aromatic carbocycles. The number of carbonyl (C=O) groups is 1. The zero-order valence-electron chi connectivity index (χ0n) is 16.5. The molecule has 0 bridgehead atoms. The zero-order valence-corrected chi connectivity index (χ0v) is 16.5. The summed E-state index contributed by atoms with van der Waals surface area (Å²) in [5, 5.41) is 8.99. The Kier molecular flexibility index (Phi) is 7.65. The van der Waals surface area contributed by atoms with Gasteiger partial charge in [0.1, 0.15) is 6.61 Å². The van der Waals surface area contributed by atoms with Gasteiger partial charge in [-0.3, -0.25) is 10.7 Å². The van der Waals surface area contributed by atoms with Gasteiger partial charge in [-0.15, -0.1) is 0 Å². The molecule has 2 heterocycles. The molecule has 2 aliphatic heterocycles. The van der Waals surface area contributed by atoms with Crippen molar-refractivity contribution in [1.82, 2.24) is 5.32 Å². The van der Waals surface area contributed by atoms with Crippen LogP contribution in [-0.2, 0) is 20.8 Å². The lowest BCUT2D eigenvalue weighted by atomic mass is 9.97. The van der Waals surface area contributed by atoms with Crippen LogP contribution in [0.1, 0.15) is 31.2 Å². The van der Waals surface area contributed by atoms with Crippen LogP contribution in [0.15, 0.2) is 18.2 Å². The summed E-state index contributed by atoms with van der Waals surface area (Å²) in [5.41, 5.74) is 5.86. The molecule has 0 saturated carbocycles. The number of ether oxygens (including phenoxy) is 3. The number of anilines is 1. The number of hydrogen-bond acceptors (Lipinski definition) is 6. The lowest BCUT2D eigenvalue weighted by Gasteiger charge is -2.35. The van der Waals surface area contributed by atoms with Crippen LogP contribution in [0.3, 0.4) is 0 Å². The second-order valence-corrected chi connectivity index (χ2v) is 7.44. The Morgan fingerprint density at radius 3 is 2.69 bits per heavy atom. The molecular weight excluding hydrogens is 379 g/mol. The van der Waals surface area contributed by atoms with Crippen molar-refractivity contribution in [2.45, 2.75) is 38.4 Å². The van der Waals surface area contributed by atoms with E-state index in [9.17, 15) is 9.18 Å². The normalized spacial score (nSPS) is 18.4. The quantitative estimate of drug-likeness (QED) is 0.492. The second-order valence-electron chi connectivity index (χ2n) is 7.44. The number of guanidine groups is 1. The molecule has 3 rings (SSSR count). The van der Waals surface area contributed by atoms with E-state index in [1.807, 2.05) is 10.2 Å². The maximum atomic E-state index is 14.9. The fourth-order valence-electron chi connectivity index (χ4n) is 3.67. The van der Waals surface area contributed by atoms with E-state index < -0.39 is 12.1 Å². The highest BCUT2D eigenvalue weighted by molar-refractivity contribution is 5.90. The molecule has 0 spiro atoms. The number of alkyl carbamates (subject to hydrolysis) is 1. The number of hydrogen-bond donors (Lipinski definition) is 3. The van der Waals surface area contributed by atoms with E-state index in [2.05, 4.69) is 0 Å². The van der Waals surface area contributed by atoms with E-state index in [0.29, 0.717) is 17.7 Å². The number of benzene rings is 1. The fourth-order valence-corrected chi connectivity index (χ4v) is 3.67. The molecule has 29 heavy (non-hydrogen) atoms. The smallest absolute Gasteiger partial charge is 0.414 e. The molecule has 0 unspecified atom stereocenters. The van der Waals surface area contributed by atoms with Crippen LogP contribution in [-0.4, -0.2) is 51.1 Å². The predicted octanol–water partition coefficient (Wildman–Crippen LogP) is 2.36. The first-order valence-corrected chi connectivity index (χ1v) is 10.0. The average Bonchev–Trinajstić information content (AvgIpc) is 2.72. The Hall–Kier alpha value is -2.39. The molecule has 1 aromatic rings. The van der Waals surface area contributed by atoms with Crippen molar-refractivity contribution in [2.75, 3.05) is 37.8 Å². The molecule has 2 fully saturated rings. The molecule has 1 amide bonds. The van der Waals surface area contributed by atoms with E-state index >= 15 is 0 Å². The van der Waals surface area contributed by atoms with Gasteiger partial charge in [0.2, 0.25) is 0 Å². The third kappa shape index (κ3) is 6.30. The summed E-state index contributed by atoms with van der Waals surface area (Å²) < 4.78 is 31.2. The Morgan fingerprint density at radius 1 is 1.28 bits per heavy atom. The number of nitrogens with zero attached hydrogens (tertiary/aromatic N) is 1. The molecule has 160 valence electrons. The molecule has 0 aliphatic carbocycles. The number of halogens is 1. The van der Waals surface area contributed by atoms with E-state index in [-0.39, 0.29) is 18.0 Å². The van der Waals surface area contributed by atoms with Crippen LogP contribution in [0, 0.1) is 17.1 Å². The average molecular weight is 408 g/mol. The molecule has 8 nitrogen and oxygen atoms in total. The molecular formula is C20H29FN4O4. The Labute approximate surface area is 170 Å². The first kappa shape index (κ1) is 21.3. The largest absolute Gasteiger partial charge is 0.444 e. The molecule has 2 saturated heterocycles. The van der Waals surface area contributed by atoms with Gasteiger partial charge in [-0.25, -0.2) is 9.18 Å². The fraction of sp³-hybridized carbons (Fsp3) is 0.600. The van der Waals surface area contributed by atoms with Crippen LogP contribution in [0.25, 0.3) is 0 Å². The van der Waals surface area contributed by atoms with Crippen molar-refractivity contribution in [3.63, 3.8) is 0 Å². The van der Waals surface area contributed by atoms with Gasteiger partial charge in [0, 0.05) is 38.5 Å². The molecule has 2 aliphatic rings. The highest BCUT2D eigenvalue weighted by Gasteiger charge is 2.24. The predicted molar refractivity (Wildman–Crippen MR) is 106 cm³/mol. The number of piperidine rings is 1. The van der Waals surface area contributed by atoms with Gasteiger partial charge < -0.3 is 24.8 Å². The SMILES string of the molecule is N=C(N)NC(=O)OCc1cccc(N2CCC(COC3CCOCC3)CC2)c1F. The summed E-state index contributed by atoms with van der Waals surface area (Å²) in [6.07, 6.45) is 3.24. The van der Waals surface area contributed by atoms with Crippen molar-refractivity contribution in [3.8, 4) is 0 Å². The summed E-state index contributed by atoms with van der Waals surface area (Å²) in [5.74, 6) is -0.424. The minimum Gasteiger partial charge on any atom is -0.444 e. The maximum Gasteiger partial charge on any atom is 0.414 e. The number of carbonyl (C=O) groups excluding carboxylic acids is 1. The van der Waals surface area contributed by atoms with Crippen LogP contribution in [0.2, 0.25) is 0 Å². The number of amides is 1. The van der Waals surface area contributed by atoms with Gasteiger partial charge in [-0.1, -0.05) is 12.1 Å². The molecule has 0 radical (unpaired) electrons. The molecule has 9 heteroatoms. The first-order valence-electron chi connectivity index (χ1n) is 10.0. The third-order valence-corrected chi connectivity index (χ3v) is 5.34. The summed E-state index contributed by atoms with van der Waals surface area (Å²) in [6.45, 7) is 3.59. The topological polar surface area (TPSA) is 110 Å². The van der Waals surface area contributed by atoms with Gasteiger partial charge in [0.15, 0.2) is 11.8 Å². The van der Waals surface area contributed by atoms with Gasteiger partial charge >= 0.3 is 6.09 Å².